The SMILES string of the molecule is Cc1ccc(N2CC(C(=O)Nc3ccc(Nc4cc(Nc5ccccn5)ncn4)cc3)CC2=O)cc1. The number of aryl methyl sites for hydroxylation is 1. The van der Waals surface area contributed by atoms with E-state index in [4.69, 9.17) is 0 Å². The number of nitrogens with one attached hydrogen (secondary N) is 3. The lowest BCUT2D eigenvalue weighted by Crippen LogP contribution is -2.28. The van der Waals surface area contributed by atoms with E-state index in [1.165, 1.54) is 6.33 Å². The molecule has 1 unspecified atom stereocenters. The molecule has 1 atom stereocenters. The Morgan fingerprint density at radius 3 is 2.31 bits per heavy atom. The van der Waals surface area contributed by atoms with Crippen LogP contribution in [0.5, 0.6) is 0 Å². The fraction of sp³-hybridized carbons (Fsp3) is 0.148. The van der Waals surface area contributed by atoms with Gasteiger partial charge in [0.2, 0.25) is 11.8 Å². The standard InChI is InChI=1S/C27H25N7O2/c1-18-5-11-22(12-6-18)34-16-19(14-26(34)35)27(36)32-21-9-7-20(8-10-21)31-24-15-25(30-17-29-24)33-23-4-2-3-13-28-23/h2-13,15,17,19H,14,16H2,1H3,(H,32,36)(H2,28,29,30,31,33). The first-order valence-electron chi connectivity index (χ1n) is 11.6. The van der Waals surface area contributed by atoms with E-state index in [0.29, 0.717) is 29.7 Å². The quantitative estimate of drug-likeness (QED) is 0.353. The molecule has 2 aromatic heterocycles. The molecule has 0 bridgehead atoms. The van der Waals surface area contributed by atoms with Crippen LogP contribution in [0.15, 0.2) is 85.3 Å². The molecular formula is C27H25N7O2. The highest BCUT2D eigenvalue weighted by atomic mass is 16.2. The van der Waals surface area contributed by atoms with E-state index in [0.717, 1.165) is 16.9 Å². The van der Waals surface area contributed by atoms with Crippen LogP contribution in [0, 0.1) is 12.8 Å². The largest absolute Gasteiger partial charge is 0.340 e. The molecule has 9 heteroatoms. The predicted molar refractivity (Wildman–Crippen MR) is 140 cm³/mol. The Bertz CT molecular complexity index is 1360. The van der Waals surface area contributed by atoms with Crippen molar-refractivity contribution < 1.29 is 9.59 Å². The molecule has 1 fully saturated rings. The summed E-state index contributed by atoms with van der Waals surface area (Å²) in [7, 11) is 0. The highest BCUT2D eigenvalue weighted by molar-refractivity contribution is 6.03. The van der Waals surface area contributed by atoms with Gasteiger partial charge in [-0.25, -0.2) is 15.0 Å². The fourth-order valence-electron chi connectivity index (χ4n) is 3.95. The van der Waals surface area contributed by atoms with Gasteiger partial charge in [0.25, 0.3) is 0 Å². The van der Waals surface area contributed by atoms with Crippen molar-refractivity contribution in [3.63, 3.8) is 0 Å². The van der Waals surface area contributed by atoms with E-state index in [1.54, 1.807) is 17.2 Å². The molecule has 1 aliphatic heterocycles. The van der Waals surface area contributed by atoms with Crippen LogP contribution >= 0.6 is 0 Å². The second kappa shape index (κ2) is 10.2. The second-order valence-electron chi connectivity index (χ2n) is 8.56. The zero-order chi connectivity index (χ0) is 24.9. The summed E-state index contributed by atoms with van der Waals surface area (Å²) >= 11 is 0. The van der Waals surface area contributed by atoms with E-state index in [-0.39, 0.29) is 18.2 Å². The number of rotatable bonds is 7. The normalized spacial score (nSPS) is 15.0. The topological polar surface area (TPSA) is 112 Å². The molecule has 5 rings (SSSR count). The van der Waals surface area contributed by atoms with Gasteiger partial charge in [0, 0.05) is 42.3 Å². The molecule has 2 aromatic carbocycles. The first-order chi connectivity index (χ1) is 17.5. The maximum absolute atomic E-state index is 12.8. The molecule has 1 saturated heterocycles. The summed E-state index contributed by atoms with van der Waals surface area (Å²) in [5.41, 5.74) is 3.41. The van der Waals surface area contributed by atoms with Gasteiger partial charge in [-0.05, 0) is 55.5 Å². The Morgan fingerprint density at radius 1 is 0.861 bits per heavy atom. The van der Waals surface area contributed by atoms with Gasteiger partial charge in [-0.1, -0.05) is 23.8 Å². The van der Waals surface area contributed by atoms with Gasteiger partial charge in [0.15, 0.2) is 0 Å². The molecular weight excluding hydrogens is 454 g/mol. The minimum Gasteiger partial charge on any atom is -0.340 e. The monoisotopic (exact) mass is 479 g/mol. The third-order valence-electron chi connectivity index (χ3n) is 5.85. The maximum Gasteiger partial charge on any atom is 0.229 e. The Labute approximate surface area is 208 Å². The molecule has 9 nitrogen and oxygen atoms in total. The number of benzene rings is 2. The van der Waals surface area contributed by atoms with Gasteiger partial charge in [0.1, 0.15) is 23.8 Å². The molecule has 0 spiro atoms. The number of nitrogens with zero attached hydrogens (tertiary/aromatic N) is 4. The third-order valence-corrected chi connectivity index (χ3v) is 5.85. The van der Waals surface area contributed by atoms with Crippen molar-refractivity contribution >= 4 is 46.3 Å². The van der Waals surface area contributed by atoms with Crippen LogP contribution in [-0.2, 0) is 9.59 Å². The smallest absolute Gasteiger partial charge is 0.229 e. The van der Waals surface area contributed by atoms with Gasteiger partial charge in [-0.15, -0.1) is 0 Å². The van der Waals surface area contributed by atoms with Crippen molar-refractivity contribution in [2.75, 3.05) is 27.4 Å². The number of amides is 2. The predicted octanol–water partition coefficient (Wildman–Crippen LogP) is 4.66. The van der Waals surface area contributed by atoms with Crippen molar-refractivity contribution in [2.24, 2.45) is 5.92 Å². The first kappa shape index (κ1) is 23.0. The molecule has 0 radical (unpaired) electrons. The van der Waals surface area contributed by atoms with Crippen LogP contribution < -0.4 is 20.9 Å². The van der Waals surface area contributed by atoms with Crippen molar-refractivity contribution in [3.05, 3.63) is 90.9 Å². The molecule has 1 aliphatic rings. The van der Waals surface area contributed by atoms with Gasteiger partial charge in [-0.2, -0.15) is 0 Å². The number of carbonyl (C=O) groups is 2. The van der Waals surface area contributed by atoms with Gasteiger partial charge in [0.05, 0.1) is 5.92 Å². The van der Waals surface area contributed by atoms with Gasteiger partial charge < -0.3 is 20.9 Å². The molecule has 4 aromatic rings. The third kappa shape index (κ3) is 5.47. The summed E-state index contributed by atoms with van der Waals surface area (Å²) in [5.74, 6) is 1.30. The molecule has 2 amide bonds. The Morgan fingerprint density at radius 2 is 1.58 bits per heavy atom. The number of hydrogen-bond donors (Lipinski definition) is 3. The van der Waals surface area contributed by atoms with E-state index >= 15 is 0 Å². The Kier molecular flexibility index (Phi) is 6.53. The van der Waals surface area contributed by atoms with E-state index in [2.05, 4.69) is 30.9 Å². The minimum absolute atomic E-state index is 0.0414. The zero-order valence-corrected chi connectivity index (χ0v) is 19.7. The van der Waals surface area contributed by atoms with Gasteiger partial charge >= 0.3 is 0 Å². The number of aromatic nitrogens is 3. The number of hydrogen-bond acceptors (Lipinski definition) is 7. The highest BCUT2D eigenvalue weighted by Crippen LogP contribution is 2.27. The summed E-state index contributed by atoms with van der Waals surface area (Å²) in [5, 5.41) is 9.28. The second-order valence-corrected chi connectivity index (χ2v) is 8.56. The van der Waals surface area contributed by atoms with Crippen LogP contribution in [0.2, 0.25) is 0 Å². The average molecular weight is 480 g/mol. The molecule has 0 saturated carbocycles. The summed E-state index contributed by atoms with van der Waals surface area (Å²) < 4.78 is 0. The van der Waals surface area contributed by atoms with E-state index in [9.17, 15) is 9.59 Å². The molecule has 180 valence electrons. The Hall–Kier alpha value is -4.79. The van der Waals surface area contributed by atoms with Crippen molar-refractivity contribution in [1.82, 2.24) is 15.0 Å². The number of carbonyl (C=O) groups excluding carboxylic acids is 2. The van der Waals surface area contributed by atoms with E-state index in [1.807, 2.05) is 73.7 Å². The molecule has 0 aliphatic carbocycles. The minimum atomic E-state index is -0.400. The molecule has 3 heterocycles. The molecule has 3 N–H and O–H groups in total. The summed E-state index contributed by atoms with van der Waals surface area (Å²) in [6.45, 7) is 2.37. The summed E-state index contributed by atoms with van der Waals surface area (Å²) in [4.78, 5) is 39.7. The maximum atomic E-state index is 12.8. The fourth-order valence-corrected chi connectivity index (χ4v) is 3.95. The van der Waals surface area contributed by atoms with Crippen LogP contribution in [0.4, 0.5) is 34.5 Å². The molecule has 36 heavy (non-hydrogen) atoms. The average Bonchev–Trinajstić information content (AvgIpc) is 3.28. The lowest BCUT2D eigenvalue weighted by Gasteiger charge is -2.17. The summed E-state index contributed by atoms with van der Waals surface area (Å²) in [6.07, 6.45) is 3.36. The van der Waals surface area contributed by atoms with Crippen molar-refractivity contribution in [2.45, 2.75) is 13.3 Å². The highest BCUT2D eigenvalue weighted by Gasteiger charge is 2.35. The summed E-state index contributed by atoms with van der Waals surface area (Å²) in [6, 6.07) is 22.4. The van der Waals surface area contributed by atoms with Crippen molar-refractivity contribution in [3.8, 4) is 0 Å². The number of pyridine rings is 1. The zero-order valence-electron chi connectivity index (χ0n) is 19.7. The van der Waals surface area contributed by atoms with Crippen LogP contribution in [0.1, 0.15) is 12.0 Å². The van der Waals surface area contributed by atoms with Crippen LogP contribution in [0.3, 0.4) is 0 Å². The van der Waals surface area contributed by atoms with Gasteiger partial charge in [-0.3, -0.25) is 9.59 Å². The lowest BCUT2D eigenvalue weighted by atomic mass is 10.1. The van der Waals surface area contributed by atoms with Crippen LogP contribution in [0.25, 0.3) is 0 Å². The van der Waals surface area contributed by atoms with Crippen molar-refractivity contribution in [1.29, 1.82) is 0 Å². The Balaban J connectivity index is 1.18. The van der Waals surface area contributed by atoms with Crippen LogP contribution in [-0.4, -0.2) is 33.3 Å². The lowest BCUT2D eigenvalue weighted by molar-refractivity contribution is -0.122. The number of anilines is 6. The first-order valence-corrected chi connectivity index (χ1v) is 11.6. The van der Waals surface area contributed by atoms with E-state index < -0.39 is 5.92 Å².